The number of halogens is 4. The highest BCUT2D eigenvalue weighted by atomic mass is 35.5. The first-order chi connectivity index (χ1) is 18.1. The molecule has 13 heteroatoms. The first kappa shape index (κ1) is 25.2. The quantitative estimate of drug-likeness (QED) is 0.291. The molecule has 0 atom stereocenters. The van der Waals surface area contributed by atoms with Gasteiger partial charge in [0.15, 0.2) is 11.2 Å². The van der Waals surface area contributed by atoms with E-state index in [0.717, 1.165) is 22.2 Å². The van der Waals surface area contributed by atoms with Crippen molar-refractivity contribution in [3.05, 3.63) is 93.6 Å². The molecule has 3 aromatic heterocycles. The number of hydrogen-bond donors (Lipinski definition) is 1. The summed E-state index contributed by atoms with van der Waals surface area (Å²) in [4.78, 5) is 21.0. The van der Waals surface area contributed by atoms with Gasteiger partial charge in [0.05, 0.1) is 18.6 Å². The number of rotatable bonds is 7. The second kappa shape index (κ2) is 10.1. The van der Waals surface area contributed by atoms with Crippen LogP contribution in [-0.4, -0.2) is 35.5 Å². The molecule has 38 heavy (non-hydrogen) atoms. The van der Waals surface area contributed by atoms with Crippen LogP contribution in [0.2, 0.25) is 5.02 Å². The van der Waals surface area contributed by atoms with Crippen LogP contribution in [0.3, 0.4) is 0 Å². The van der Waals surface area contributed by atoms with Gasteiger partial charge in [0.2, 0.25) is 11.8 Å². The first-order valence-corrected chi connectivity index (χ1v) is 11.6. The van der Waals surface area contributed by atoms with Crippen LogP contribution < -0.4 is 15.6 Å². The first-order valence-electron chi connectivity index (χ1n) is 11.3. The van der Waals surface area contributed by atoms with Crippen LogP contribution in [0.5, 0.6) is 11.6 Å². The Morgan fingerprint density at radius 3 is 2.39 bits per heavy atom. The van der Waals surface area contributed by atoms with E-state index < -0.39 is 18.3 Å². The number of imidazole rings is 1. The topological polar surface area (TPSA) is 99.8 Å². The molecule has 0 unspecified atom stereocenters. The molecule has 0 radical (unpaired) electrons. The lowest BCUT2D eigenvalue weighted by atomic mass is 10.2. The molecule has 2 aromatic carbocycles. The Hall–Kier alpha value is -4.45. The Morgan fingerprint density at radius 2 is 1.74 bits per heavy atom. The summed E-state index contributed by atoms with van der Waals surface area (Å²) in [5.74, 6) is 0.934. The smallest absolute Gasteiger partial charge is 0.406 e. The third-order valence-electron chi connectivity index (χ3n) is 5.45. The highest BCUT2D eigenvalue weighted by Crippen LogP contribution is 2.25. The van der Waals surface area contributed by atoms with E-state index in [1.165, 1.54) is 0 Å². The lowest BCUT2D eigenvalue weighted by molar-refractivity contribution is -0.140. The summed E-state index contributed by atoms with van der Waals surface area (Å²) < 4.78 is 47.3. The molecule has 0 saturated heterocycles. The molecular weight excluding hydrogens is 523 g/mol. The Labute approximate surface area is 218 Å². The molecule has 0 fully saturated rings. The van der Waals surface area contributed by atoms with E-state index in [1.807, 2.05) is 6.92 Å². The highest BCUT2D eigenvalue weighted by molar-refractivity contribution is 6.30. The Kier molecular flexibility index (Phi) is 6.72. The fourth-order valence-electron chi connectivity index (χ4n) is 3.73. The molecule has 5 aromatic rings. The van der Waals surface area contributed by atoms with Crippen molar-refractivity contribution >= 4 is 34.4 Å². The van der Waals surface area contributed by atoms with Gasteiger partial charge < -0.3 is 14.6 Å². The maximum Gasteiger partial charge on any atom is 0.406 e. The highest BCUT2D eigenvalue weighted by Gasteiger charge is 2.30. The van der Waals surface area contributed by atoms with E-state index in [4.69, 9.17) is 16.3 Å². The van der Waals surface area contributed by atoms with E-state index >= 15 is 0 Å². The molecular formula is C25H19ClF3N7O2. The van der Waals surface area contributed by atoms with Gasteiger partial charge in [-0.15, -0.1) is 5.10 Å². The lowest BCUT2D eigenvalue weighted by Gasteiger charge is -2.16. The minimum absolute atomic E-state index is 0.0598. The zero-order valence-corrected chi connectivity index (χ0v) is 20.5. The van der Waals surface area contributed by atoms with Crippen LogP contribution in [0.25, 0.3) is 11.2 Å². The van der Waals surface area contributed by atoms with E-state index in [0.29, 0.717) is 22.3 Å². The molecule has 9 nitrogen and oxygen atoms in total. The molecule has 5 rings (SSSR count). The molecule has 0 bridgehead atoms. The largest absolute Gasteiger partial charge is 0.438 e. The summed E-state index contributed by atoms with van der Waals surface area (Å²) in [7, 11) is 0. The van der Waals surface area contributed by atoms with Gasteiger partial charge in [0.25, 0.3) is 0 Å². The van der Waals surface area contributed by atoms with Crippen molar-refractivity contribution in [3.8, 4) is 11.6 Å². The van der Waals surface area contributed by atoms with Gasteiger partial charge >= 0.3 is 11.7 Å². The number of fused-ring (bicyclic) bond motifs is 1. The van der Waals surface area contributed by atoms with E-state index in [9.17, 15) is 18.0 Å². The molecule has 0 aliphatic carbocycles. The predicted octanol–water partition coefficient (Wildman–Crippen LogP) is 5.49. The average molecular weight is 542 g/mol. The summed E-state index contributed by atoms with van der Waals surface area (Å²) in [6.07, 6.45) is -3.55. The summed E-state index contributed by atoms with van der Waals surface area (Å²) in [6, 6.07) is 17.1. The minimum Gasteiger partial charge on any atom is -0.438 e. The average Bonchev–Trinajstić information content (AvgIpc) is 3.28. The van der Waals surface area contributed by atoms with Gasteiger partial charge in [0, 0.05) is 16.8 Å². The van der Waals surface area contributed by atoms with Crippen molar-refractivity contribution in [2.45, 2.75) is 26.2 Å². The zero-order chi connectivity index (χ0) is 26.9. The van der Waals surface area contributed by atoms with Crippen molar-refractivity contribution in [2.75, 3.05) is 5.32 Å². The molecule has 0 aliphatic heterocycles. The summed E-state index contributed by atoms with van der Waals surface area (Å²) in [5.41, 5.74) is 1.06. The maximum atomic E-state index is 13.1. The predicted molar refractivity (Wildman–Crippen MR) is 135 cm³/mol. The Balaban J connectivity index is 1.49. The number of alkyl halides is 3. The second-order valence-electron chi connectivity index (χ2n) is 8.38. The molecule has 1 N–H and O–H groups in total. The van der Waals surface area contributed by atoms with Crippen molar-refractivity contribution in [3.63, 3.8) is 0 Å². The van der Waals surface area contributed by atoms with Gasteiger partial charge in [-0.1, -0.05) is 23.7 Å². The SMILES string of the molecule is Cc1ccc(Oc2ccc(Nc3nc(=O)c4c(ncn4CC(F)(F)F)n3Cc3ccc(Cl)cc3)cc2)nn1. The molecule has 0 amide bonds. The van der Waals surface area contributed by atoms with Gasteiger partial charge in [0.1, 0.15) is 12.3 Å². The molecule has 3 heterocycles. The standard InChI is InChI=1S/C25H19ClF3N7O2/c1-15-2-11-20(34-33-15)38-19-9-7-18(8-10-19)31-24-32-23(37)21-22(30-14-35(21)13-25(27,28)29)36(24)12-16-3-5-17(26)6-4-16/h2-11,14H,12-13H2,1H3,(H,31,32,37). The summed E-state index contributed by atoms with van der Waals surface area (Å²) in [6.45, 7) is 0.622. The number of aryl methyl sites for hydroxylation is 1. The van der Waals surface area contributed by atoms with Crippen molar-refractivity contribution in [2.24, 2.45) is 0 Å². The monoisotopic (exact) mass is 541 g/mol. The van der Waals surface area contributed by atoms with E-state index in [2.05, 4.69) is 25.5 Å². The number of hydrogen-bond acceptors (Lipinski definition) is 7. The van der Waals surface area contributed by atoms with Crippen LogP contribution in [0.4, 0.5) is 24.8 Å². The summed E-state index contributed by atoms with van der Waals surface area (Å²) in [5, 5.41) is 11.5. The number of nitrogens with one attached hydrogen (secondary N) is 1. The van der Waals surface area contributed by atoms with Crippen LogP contribution in [0, 0.1) is 6.92 Å². The minimum atomic E-state index is -4.54. The normalized spacial score (nSPS) is 11.6. The van der Waals surface area contributed by atoms with Crippen molar-refractivity contribution in [1.82, 2.24) is 29.3 Å². The van der Waals surface area contributed by atoms with E-state index in [-0.39, 0.29) is 23.7 Å². The van der Waals surface area contributed by atoms with Crippen molar-refractivity contribution in [1.29, 1.82) is 0 Å². The number of anilines is 2. The number of ether oxygens (including phenoxy) is 1. The molecule has 0 saturated carbocycles. The fraction of sp³-hybridized carbons (Fsp3) is 0.160. The molecule has 0 aliphatic rings. The van der Waals surface area contributed by atoms with Gasteiger partial charge in [-0.25, -0.2) is 4.98 Å². The Morgan fingerprint density at radius 1 is 1.00 bits per heavy atom. The van der Waals surface area contributed by atoms with Gasteiger partial charge in [-0.3, -0.25) is 9.36 Å². The Bertz CT molecular complexity index is 1630. The molecule has 0 spiro atoms. The fourth-order valence-corrected chi connectivity index (χ4v) is 3.85. The van der Waals surface area contributed by atoms with Crippen LogP contribution >= 0.6 is 11.6 Å². The van der Waals surface area contributed by atoms with Crippen LogP contribution in [0.15, 0.2) is 71.8 Å². The number of nitrogens with zero attached hydrogens (tertiary/aromatic N) is 6. The molecule has 194 valence electrons. The van der Waals surface area contributed by atoms with Gasteiger partial charge in [-0.2, -0.15) is 23.3 Å². The summed E-state index contributed by atoms with van der Waals surface area (Å²) >= 11 is 5.99. The third kappa shape index (κ3) is 5.75. The maximum absolute atomic E-state index is 13.1. The second-order valence-corrected chi connectivity index (χ2v) is 8.81. The van der Waals surface area contributed by atoms with Crippen LogP contribution in [-0.2, 0) is 13.1 Å². The van der Waals surface area contributed by atoms with Crippen molar-refractivity contribution < 1.29 is 17.9 Å². The number of benzene rings is 2. The van der Waals surface area contributed by atoms with E-state index in [1.54, 1.807) is 65.2 Å². The third-order valence-corrected chi connectivity index (χ3v) is 5.70. The van der Waals surface area contributed by atoms with Crippen LogP contribution in [0.1, 0.15) is 11.3 Å². The zero-order valence-electron chi connectivity index (χ0n) is 19.8. The van der Waals surface area contributed by atoms with Gasteiger partial charge in [-0.05, 0) is 55.0 Å². The number of aromatic nitrogens is 6. The lowest BCUT2D eigenvalue weighted by Crippen LogP contribution is -2.23.